The number of methoxy groups -OCH3 is 1. The van der Waals surface area contributed by atoms with Gasteiger partial charge >= 0.3 is 5.97 Å². The van der Waals surface area contributed by atoms with Crippen LogP contribution in [-0.4, -0.2) is 34.1 Å². The van der Waals surface area contributed by atoms with E-state index in [4.69, 9.17) is 13.9 Å². The van der Waals surface area contributed by atoms with Gasteiger partial charge in [0.1, 0.15) is 0 Å². The highest BCUT2D eigenvalue weighted by molar-refractivity contribution is 6.99. The lowest BCUT2D eigenvalue weighted by Gasteiger charge is -2.52. The Morgan fingerprint density at radius 1 is 0.844 bits per heavy atom. The van der Waals surface area contributed by atoms with E-state index in [0.29, 0.717) is 25.0 Å². The third-order valence-corrected chi connectivity index (χ3v) is 16.1. The van der Waals surface area contributed by atoms with Gasteiger partial charge < -0.3 is 13.9 Å². The van der Waals surface area contributed by atoms with Gasteiger partial charge in [-0.1, -0.05) is 151 Å². The van der Waals surface area contributed by atoms with Gasteiger partial charge in [0.15, 0.2) is 0 Å². The monoisotopic (exact) mass is 624 g/mol. The van der Waals surface area contributed by atoms with Crippen LogP contribution in [0.1, 0.15) is 59.9 Å². The van der Waals surface area contributed by atoms with E-state index in [-0.39, 0.29) is 34.9 Å². The van der Waals surface area contributed by atoms with Gasteiger partial charge in [0.2, 0.25) is 0 Å². The second-order valence-corrected chi connectivity index (χ2v) is 18.5. The van der Waals surface area contributed by atoms with Crippen molar-refractivity contribution >= 4 is 24.7 Å². The molecule has 0 aromatic heterocycles. The number of hydrogen-bond acceptors (Lipinski definition) is 4. The number of fused-ring (bicyclic) bond motifs is 1. The van der Waals surface area contributed by atoms with E-state index in [2.05, 4.69) is 139 Å². The zero-order valence-electron chi connectivity index (χ0n) is 28.2. The summed E-state index contributed by atoms with van der Waals surface area (Å²) >= 11 is 0. The molecule has 1 fully saturated rings. The van der Waals surface area contributed by atoms with Crippen LogP contribution in [0.25, 0.3) is 0 Å². The molecule has 0 bridgehead atoms. The molecule has 7 atom stereocenters. The maximum Gasteiger partial charge on any atom is 0.313 e. The van der Waals surface area contributed by atoms with Crippen LogP contribution in [0, 0.1) is 35.0 Å². The Kier molecular flexibility index (Phi) is 10.2. The Bertz CT molecular complexity index is 1380. The van der Waals surface area contributed by atoms with Gasteiger partial charge in [-0.2, -0.15) is 0 Å². The average molecular weight is 625 g/mol. The molecule has 45 heavy (non-hydrogen) atoms. The summed E-state index contributed by atoms with van der Waals surface area (Å²) in [5.41, 5.74) is 0.744. The normalized spacial score (nSPS) is 28.1. The zero-order chi connectivity index (χ0) is 32.2. The first-order chi connectivity index (χ1) is 21.6. The van der Waals surface area contributed by atoms with Crippen molar-refractivity contribution in [3.63, 3.8) is 0 Å². The van der Waals surface area contributed by atoms with Crippen molar-refractivity contribution in [2.24, 2.45) is 35.0 Å². The molecule has 1 saturated carbocycles. The van der Waals surface area contributed by atoms with Crippen LogP contribution >= 0.6 is 0 Å². The smallest absolute Gasteiger partial charge is 0.313 e. The molecular weight excluding hydrogens is 573 g/mol. The number of ether oxygens (including phenoxy) is 2. The van der Waals surface area contributed by atoms with Crippen LogP contribution in [0.15, 0.2) is 103 Å². The lowest BCUT2D eigenvalue weighted by molar-refractivity contribution is -0.154. The van der Waals surface area contributed by atoms with Crippen molar-refractivity contribution in [1.82, 2.24) is 0 Å². The summed E-state index contributed by atoms with van der Waals surface area (Å²) in [6.45, 7) is 14.9. The number of allylic oxidation sites excluding steroid dienone is 1. The van der Waals surface area contributed by atoms with Crippen LogP contribution < -0.4 is 10.4 Å². The molecule has 4 nitrogen and oxygen atoms in total. The van der Waals surface area contributed by atoms with Crippen molar-refractivity contribution in [2.75, 3.05) is 13.7 Å². The highest BCUT2D eigenvalue weighted by Crippen LogP contribution is 2.60. The maximum absolute atomic E-state index is 13.7. The van der Waals surface area contributed by atoms with Crippen LogP contribution in [0.5, 0.6) is 0 Å². The van der Waals surface area contributed by atoms with Crippen LogP contribution in [0.3, 0.4) is 0 Å². The Hall–Kier alpha value is -2.99. The summed E-state index contributed by atoms with van der Waals surface area (Å²) in [7, 11) is -1.33. The third kappa shape index (κ3) is 6.00. The summed E-state index contributed by atoms with van der Waals surface area (Å²) < 4.78 is 20.0. The van der Waals surface area contributed by atoms with Crippen molar-refractivity contribution in [1.29, 1.82) is 0 Å². The van der Waals surface area contributed by atoms with Crippen molar-refractivity contribution in [3.05, 3.63) is 109 Å². The number of esters is 1. The number of rotatable bonds is 11. The molecule has 3 aromatic rings. The summed E-state index contributed by atoms with van der Waals surface area (Å²) in [6, 6.07) is 32.1. The molecule has 0 saturated heterocycles. The minimum absolute atomic E-state index is 0.0880. The fraction of sp³-hybridized carbons (Fsp3) is 0.475. The highest BCUT2D eigenvalue weighted by Gasteiger charge is 2.62. The first-order valence-corrected chi connectivity index (χ1v) is 18.7. The fourth-order valence-corrected chi connectivity index (χ4v) is 13.5. The van der Waals surface area contributed by atoms with Gasteiger partial charge in [-0.05, 0) is 51.1 Å². The first-order valence-electron chi connectivity index (χ1n) is 16.8. The maximum atomic E-state index is 13.7. The van der Waals surface area contributed by atoms with E-state index in [0.717, 1.165) is 12.8 Å². The van der Waals surface area contributed by atoms with Gasteiger partial charge in [-0.3, -0.25) is 4.79 Å². The largest absolute Gasteiger partial charge is 0.469 e. The van der Waals surface area contributed by atoms with Crippen molar-refractivity contribution in [3.8, 4) is 0 Å². The minimum atomic E-state index is -2.85. The minimum Gasteiger partial charge on any atom is -0.469 e. The van der Waals surface area contributed by atoms with E-state index < -0.39 is 13.7 Å². The second-order valence-electron chi connectivity index (χ2n) is 14.2. The first kappa shape index (κ1) is 33.4. The Balaban J connectivity index is 1.60. The van der Waals surface area contributed by atoms with Crippen LogP contribution in [0.4, 0.5) is 0 Å². The SMILES string of the molecule is CC[C@@H]1[C@H](OCc2ccccc2)[C@H](C)[C@H]2C=C[C@@H](C(=O)OC)[C@](CC)(CO[Si](c3ccccc3)(c3ccccc3)C(C)(C)C)[C@H]21. The molecule has 0 radical (unpaired) electrons. The molecule has 0 amide bonds. The molecule has 0 unspecified atom stereocenters. The average Bonchev–Trinajstić information content (AvgIpc) is 3.35. The van der Waals surface area contributed by atoms with Crippen LogP contribution in [-0.2, 0) is 25.3 Å². The van der Waals surface area contributed by atoms with Gasteiger partial charge in [0.05, 0.1) is 25.7 Å². The Labute approximate surface area is 272 Å². The predicted octanol–water partition coefficient (Wildman–Crippen LogP) is 7.81. The zero-order valence-corrected chi connectivity index (χ0v) is 29.2. The van der Waals surface area contributed by atoms with E-state index in [1.165, 1.54) is 23.0 Å². The van der Waals surface area contributed by atoms with Crippen molar-refractivity contribution < 1.29 is 18.7 Å². The molecular formula is C40H52O4Si. The standard InChI is InChI=1S/C40H52O4Si/c1-8-33-36-34(29(3)37(33)43-27-30-19-13-10-14-20-30)25-26-35(38(41)42-7)40(36,9-2)28-44-45(39(4,5)6,31-21-15-11-16-22-31)32-23-17-12-18-24-32/h10-26,29,33-37H,8-9,27-28H2,1-7H3/t29-,33+,34-,35+,36+,37-,40+/m1/s1. The van der Waals surface area contributed by atoms with Crippen LogP contribution in [0.2, 0.25) is 5.04 Å². The second kappa shape index (κ2) is 13.8. The van der Waals surface area contributed by atoms with E-state index in [1.807, 2.05) is 6.07 Å². The molecule has 2 aliphatic carbocycles. The molecule has 5 heteroatoms. The molecule has 0 aliphatic heterocycles. The summed E-state index contributed by atoms with van der Waals surface area (Å²) in [6.07, 6.45) is 6.33. The third-order valence-electron chi connectivity index (χ3n) is 11.1. The van der Waals surface area contributed by atoms with E-state index in [9.17, 15) is 4.79 Å². The molecule has 240 valence electrons. The number of benzene rings is 3. The van der Waals surface area contributed by atoms with Gasteiger partial charge in [-0.15, -0.1) is 0 Å². The molecule has 5 rings (SSSR count). The lowest BCUT2D eigenvalue weighted by atomic mass is 9.56. The number of hydrogen-bond donors (Lipinski definition) is 0. The lowest BCUT2D eigenvalue weighted by Crippen LogP contribution is -2.68. The van der Waals surface area contributed by atoms with Gasteiger partial charge in [0.25, 0.3) is 8.32 Å². The van der Waals surface area contributed by atoms with E-state index in [1.54, 1.807) is 0 Å². The Morgan fingerprint density at radius 2 is 1.40 bits per heavy atom. The fourth-order valence-electron chi connectivity index (χ4n) is 8.89. The van der Waals surface area contributed by atoms with Crippen molar-refractivity contribution in [2.45, 2.75) is 72.1 Å². The summed E-state index contributed by atoms with van der Waals surface area (Å²) in [4.78, 5) is 13.7. The molecule has 0 heterocycles. The molecule has 3 aromatic carbocycles. The molecule has 2 aliphatic rings. The van der Waals surface area contributed by atoms with Gasteiger partial charge in [0, 0.05) is 12.0 Å². The van der Waals surface area contributed by atoms with E-state index >= 15 is 0 Å². The Morgan fingerprint density at radius 3 is 1.89 bits per heavy atom. The number of carbonyl (C=O) groups excluding carboxylic acids is 1. The van der Waals surface area contributed by atoms with Gasteiger partial charge in [-0.25, -0.2) is 0 Å². The predicted molar refractivity (Wildman–Crippen MR) is 186 cm³/mol. The topological polar surface area (TPSA) is 44.8 Å². The highest BCUT2D eigenvalue weighted by atomic mass is 28.4. The molecule has 0 N–H and O–H groups in total. The quantitative estimate of drug-likeness (QED) is 0.124. The number of carbonyl (C=O) groups is 1. The molecule has 0 spiro atoms. The summed E-state index contributed by atoms with van der Waals surface area (Å²) in [5, 5.41) is 2.34. The summed E-state index contributed by atoms with van der Waals surface area (Å²) in [5.74, 6) is 0.551.